The molecule has 0 aliphatic rings. The first kappa shape index (κ1) is 12.0. The highest BCUT2D eigenvalue weighted by Crippen LogP contribution is 2.13. The van der Waals surface area contributed by atoms with Crippen LogP contribution in [0.15, 0.2) is 9.90 Å². The van der Waals surface area contributed by atoms with E-state index in [9.17, 15) is 0 Å². The first-order valence-corrected chi connectivity index (χ1v) is 6.16. The molecule has 2 aromatic rings. The Balaban J connectivity index is 1.77. The van der Waals surface area contributed by atoms with E-state index in [0.29, 0.717) is 23.5 Å². The lowest BCUT2D eigenvalue weighted by atomic mass is 10.2. The maximum absolute atomic E-state index is 5.55. The van der Waals surface area contributed by atoms with Gasteiger partial charge in [-0.1, -0.05) is 5.16 Å². The summed E-state index contributed by atoms with van der Waals surface area (Å²) < 4.78 is 9.99. The molecule has 0 unspecified atom stereocenters. The number of nitrogen functional groups attached to an aromatic ring is 1. The average Bonchev–Trinajstić information content (AvgIpc) is 2.89. The minimum Gasteiger partial charge on any atom is -0.377 e. The highest BCUT2D eigenvalue weighted by atomic mass is 32.1. The number of anilines is 1. The molecule has 2 heterocycles. The standard InChI is InChI=1S/C10H14N4O2S/c1-15-5-8-13-9(16-14-8)4-2-3-7-6-17-10(11)12-7/h6H,2-5H2,1H3,(H2,11,12). The zero-order valence-corrected chi connectivity index (χ0v) is 10.4. The van der Waals surface area contributed by atoms with E-state index in [2.05, 4.69) is 15.1 Å². The molecule has 0 fully saturated rings. The van der Waals surface area contributed by atoms with Gasteiger partial charge in [-0.25, -0.2) is 4.98 Å². The van der Waals surface area contributed by atoms with Gasteiger partial charge in [0.15, 0.2) is 11.0 Å². The number of nitrogens with zero attached hydrogens (tertiary/aromatic N) is 3. The minimum absolute atomic E-state index is 0.381. The summed E-state index contributed by atoms with van der Waals surface area (Å²) in [6, 6.07) is 0. The quantitative estimate of drug-likeness (QED) is 0.839. The van der Waals surface area contributed by atoms with Gasteiger partial charge in [0.25, 0.3) is 0 Å². The van der Waals surface area contributed by atoms with Gasteiger partial charge in [0.2, 0.25) is 5.89 Å². The van der Waals surface area contributed by atoms with Crippen molar-refractivity contribution in [3.63, 3.8) is 0 Å². The molecule has 0 aromatic carbocycles. The minimum atomic E-state index is 0.381. The van der Waals surface area contributed by atoms with Crippen molar-refractivity contribution in [2.24, 2.45) is 0 Å². The zero-order valence-electron chi connectivity index (χ0n) is 9.55. The summed E-state index contributed by atoms with van der Waals surface area (Å²) in [5.41, 5.74) is 6.57. The Kier molecular flexibility index (Phi) is 4.05. The van der Waals surface area contributed by atoms with E-state index >= 15 is 0 Å². The van der Waals surface area contributed by atoms with Crippen LogP contribution in [0, 0.1) is 0 Å². The fourth-order valence-corrected chi connectivity index (χ4v) is 2.03. The van der Waals surface area contributed by atoms with Crippen molar-refractivity contribution in [3.05, 3.63) is 22.8 Å². The van der Waals surface area contributed by atoms with E-state index < -0.39 is 0 Å². The largest absolute Gasteiger partial charge is 0.377 e. The molecule has 0 radical (unpaired) electrons. The molecular weight excluding hydrogens is 240 g/mol. The van der Waals surface area contributed by atoms with Gasteiger partial charge in [0.05, 0.1) is 5.69 Å². The second-order valence-corrected chi connectivity index (χ2v) is 4.46. The SMILES string of the molecule is COCc1noc(CCCc2csc(N)n2)n1. The third kappa shape index (κ3) is 3.50. The molecule has 0 spiro atoms. The van der Waals surface area contributed by atoms with Crippen molar-refractivity contribution in [1.29, 1.82) is 0 Å². The molecule has 2 N–H and O–H groups in total. The van der Waals surface area contributed by atoms with Gasteiger partial charge in [-0.3, -0.25) is 0 Å². The number of nitrogens with two attached hydrogens (primary N) is 1. The monoisotopic (exact) mass is 254 g/mol. The van der Waals surface area contributed by atoms with Crippen LogP contribution in [0.2, 0.25) is 0 Å². The number of hydrogen-bond acceptors (Lipinski definition) is 7. The van der Waals surface area contributed by atoms with E-state index in [0.717, 1.165) is 25.0 Å². The number of aryl methyl sites for hydroxylation is 2. The van der Waals surface area contributed by atoms with Crippen molar-refractivity contribution in [3.8, 4) is 0 Å². The predicted octanol–water partition coefficient (Wildman–Crippen LogP) is 1.43. The Morgan fingerprint density at radius 2 is 2.29 bits per heavy atom. The Morgan fingerprint density at radius 3 is 3.00 bits per heavy atom. The molecule has 17 heavy (non-hydrogen) atoms. The molecule has 0 saturated heterocycles. The molecule has 0 aliphatic carbocycles. The molecule has 0 saturated carbocycles. The van der Waals surface area contributed by atoms with Crippen molar-refractivity contribution >= 4 is 16.5 Å². The first-order valence-electron chi connectivity index (χ1n) is 5.28. The predicted molar refractivity (Wildman–Crippen MR) is 63.6 cm³/mol. The fraction of sp³-hybridized carbons (Fsp3) is 0.500. The van der Waals surface area contributed by atoms with Crippen molar-refractivity contribution < 1.29 is 9.26 Å². The highest BCUT2D eigenvalue weighted by molar-refractivity contribution is 7.13. The van der Waals surface area contributed by atoms with Gasteiger partial charge < -0.3 is 15.0 Å². The summed E-state index contributed by atoms with van der Waals surface area (Å²) in [5.74, 6) is 1.22. The van der Waals surface area contributed by atoms with Gasteiger partial charge in [0.1, 0.15) is 6.61 Å². The van der Waals surface area contributed by atoms with Crippen LogP contribution in [0.25, 0.3) is 0 Å². The maximum Gasteiger partial charge on any atom is 0.226 e. The van der Waals surface area contributed by atoms with E-state index in [1.165, 1.54) is 11.3 Å². The third-order valence-electron chi connectivity index (χ3n) is 2.18. The summed E-state index contributed by atoms with van der Waals surface area (Å²) >= 11 is 1.46. The molecule has 92 valence electrons. The summed E-state index contributed by atoms with van der Waals surface area (Å²) in [7, 11) is 1.60. The van der Waals surface area contributed by atoms with E-state index in [4.69, 9.17) is 15.0 Å². The van der Waals surface area contributed by atoms with Gasteiger partial charge >= 0.3 is 0 Å². The zero-order chi connectivity index (χ0) is 12.1. The number of methoxy groups -OCH3 is 1. The van der Waals surface area contributed by atoms with Crippen LogP contribution in [0.5, 0.6) is 0 Å². The average molecular weight is 254 g/mol. The van der Waals surface area contributed by atoms with Crippen molar-refractivity contribution in [2.45, 2.75) is 25.9 Å². The number of ether oxygens (including phenoxy) is 1. The Labute approximate surface area is 103 Å². The van der Waals surface area contributed by atoms with Gasteiger partial charge in [-0.15, -0.1) is 11.3 Å². The van der Waals surface area contributed by atoms with Crippen LogP contribution in [0.4, 0.5) is 5.13 Å². The number of thiazole rings is 1. The second kappa shape index (κ2) is 5.74. The Bertz CT molecular complexity index is 468. The summed E-state index contributed by atoms with van der Waals surface area (Å²) in [5, 5.41) is 6.37. The normalized spacial score (nSPS) is 10.9. The molecule has 0 amide bonds. The molecule has 0 aliphatic heterocycles. The molecular formula is C10H14N4O2S. The molecule has 0 bridgehead atoms. The summed E-state index contributed by atoms with van der Waals surface area (Å²) in [6.45, 7) is 0.381. The summed E-state index contributed by atoms with van der Waals surface area (Å²) in [4.78, 5) is 8.38. The molecule has 2 rings (SSSR count). The maximum atomic E-state index is 5.55. The van der Waals surface area contributed by atoms with E-state index in [1.54, 1.807) is 7.11 Å². The Hall–Kier alpha value is -1.47. The number of rotatable bonds is 6. The van der Waals surface area contributed by atoms with Crippen molar-refractivity contribution in [2.75, 3.05) is 12.8 Å². The van der Waals surface area contributed by atoms with Gasteiger partial charge in [0, 0.05) is 18.9 Å². The lowest BCUT2D eigenvalue weighted by Crippen LogP contribution is -1.93. The van der Waals surface area contributed by atoms with Gasteiger partial charge in [-0.05, 0) is 12.8 Å². The Morgan fingerprint density at radius 1 is 1.41 bits per heavy atom. The van der Waals surface area contributed by atoms with Crippen LogP contribution < -0.4 is 5.73 Å². The topological polar surface area (TPSA) is 87.1 Å². The van der Waals surface area contributed by atoms with Gasteiger partial charge in [-0.2, -0.15) is 4.98 Å². The highest BCUT2D eigenvalue weighted by Gasteiger charge is 2.06. The van der Waals surface area contributed by atoms with Crippen molar-refractivity contribution in [1.82, 2.24) is 15.1 Å². The molecule has 2 aromatic heterocycles. The summed E-state index contributed by atoms with van der Waals surface area (Å²) in [6.07, 6.45) is 2.53. The van der Waals surface area contributed by atoms with Crippen LogP contribution in [-0.4, -0.2) is 22.2 Å². The second-order valence-electron chi connectivity index (χ2n) is 3.57. The lowest BCUT2D eigenvalue weighted by Gasteiger charge is -1.93. The third-order valence-corrected chi connectivity index (χ3v) is 2.90. The van der Waals surface area contributed by atoms with E-state index in [1.807, 2.05) is 5.38 Å². The van der Waals surface area contributed by atoms with Crippen LogP contribution >= 0.6 is 11.3 Å². The number of aromatic nitrogens is 3. The van der Waals surface area contributed by atoms with E-state index in [-0.39, 0.29) is 0 Å². The number of hydrogen-bond donors (Lipinski definition) is 1. The molecule has 6 nitrogen and oxygen atoms in total. The smallest absolute Gasteiger partial charge is 0.226 e. The molecule has 7 heteroatoms. The van der Waals surface area contributed by atoms with Crippen LogP contribution in [0.1, 0.15) is 23.8 Å². The first-order chi connectivity index (χ1) is 8.28. The molecule has 0 atom stereocenters. The fourth-order valence-electron chi connectivity index (χ4n) is 1.44. The lowest BCUT2D eigenvalue weighted by molar-refractivity contribution is 0.174. The van der Waals surface area contributed by atoms with Crippen LogP contribution in [0.3, 0.4) is 0 Å². The van der Waals surface area contributed by atoms with Crippen LogP contribution in [-0.2, 0) is 24.2 Å².